The van der Waals surface area contributed by atoms with Crippen molar-refractivity contribution in [3.05, 3.63) is 59.7 Å². The Bertz CT molecular complexity index is 778. The van der Waals surface area contributed by atoms with E-state index in [1.54, 1.807) is 24.3 Å². The molecule has 4 nitrogen and oxygen atoms in total. The van der Waals surface area contributed by atoms with Crippen LogP contribution in [0.4, 0.5) is 20.2 Å². The number of nitrogen functional groups attached to an aromatic ring is 1. The van der Waals surface area contributed by atoms with E-state index in [9.17, 15) is 18.4 Å². The average Bonchev–Trinajstić information content (AvgIpc) is 2.59. The molecule has 3 N–H and O–H groups in total. The fourth-order valence-corrected chi connectivity index (χ4v) is 2.60. The number of Topliss-reactive ketones (excluding diaryl/α,β-unsaturated/α-hetero) is 1. The number of rotatable bonds is 9. The molecule has 0 radical (unpaired) electrons. The zero-order valence-corrected chi connectivity index (χ0v) is 14.4. The third-order valence-corrected chi connectivity index (χ3v) is 4.02. The second kappa shape index (κ2) is 9.65. The average molecular weight is 360 g/mol. The number of halogens is 2. The predicted molar refractivity (Wildman–Crippen MR) is 97.9 cm³/mol. The van der Waals surface area contributed by atoms with E-state index in [0.717, 1.165) is 18.9 Å². The van der Waals surface area contributed by atoms with Crippen molar-refractivity contribution in [2.75, 3.05) is 11.1 Å². The molecule has 2 aromatic rings. The molecule has 0 spiro atoms. The molecule has 2 rings (SSSR count). The molecule has 2 aromatic carbocycles. The van der Waals surface area contributed by atoms with E-state index in [1.807, 2.05) is 0 Å². The summed E-state index contributed by atoms with van der Waals surface area (Å²) in [6.07, 6.45) is 3.41. The van der Waals surface area contributed by atoms with Crippen LogP contribution in [0.2, 0.25) is 0 Å². The molecule has 0 saturated carbocycles. The molecule has 6 heteroatoms. The van der Waals surface area contributed by atoms with Crippen molar-refractivity contribution in [1.82, 2.24) is 0 Å². The maximum absolute atomic E-state index is 13.5. The molecule has 0 bridgehead atoms. The van der Waals surface area contributed by atoms with Gasteiger partial charge in [0.25, 0.3) is 0 Å². The van der Waals surface area contributed by atoms with Crippen LogP contribution >= 0.6 is 0 Å². The number of ketones is 1. The number of anilines is 2. The first-order valence-electron chi connectivity index (χ1n) is 8.60. The normalized spacial score (nSPS) is 10.5. The number of carbonyl (C=O) groups is 2. The van der Waals surface area contributed by atoms with Gasteiger partial charge in [0, 0.05) is 18.9 Å². The third kappa shape index (κ3) is 5.95. The van der Waals surface area contributed by atoms with E-state index in [4.69, 9.17) is 5.73 Å². The summed E-state index contributed by atoms with van der Waals surface area (Å²) in [5.74, 6) is -1.96. The summed E-state index contributed by atoms with van der Waals surface area (Å²) in [7, 11) is 0. The fourth-order valence-electron chi connectivity index (χ4n) is 2.60. The number of carbonyl (C=O) groups excluding carboxylic acids is 2. The van der Waals surface area contributed by atoms with Gasteiger partial charge in [0.1, 0.15) is 11.6 Å². The summed E-state index contributed by atoms with van der Waals surface area (Å²) in [5.41, 5.74) is 6.81. The number of hydrogen-bond donors (Lipinski definition) is 2. The van der Waals surface area contributed by atoms with Crippen LogP contribution in [0.3, 0.4) is 0 Å². The number of amides is 1. The van der Waals surface area contributed by atoms with E-state index in [-0.39, 0.29) is 23.7 Å². The van der Waals surface area contributed by atoms with Gasteiger partial charge in [-0.3, -0.25) is 9.59 Å². The Balaban J connectivity index is 1.62. The molecule has 1 amide bonds. The maximum atomic E-state index is 13.5. The second-order valence-electron chi connectivity index (χ2n) is 6.10. The highest BCUT2D eigenvalue weighted by molar-refractivity contribution is 5.96. The van der Waals surface area contributed by atoms with Crippen LogP contribution in [0.25, 0.3) is 0 Å². The van der Waals surface area contributed by atoms with Crippen molar-refractivity contribution in [2.24, 2.45) is 0 Å². The zero-order valence-electron chi connectivity index (χ0n) is 14.4. The van der Waals surface area contributed by atoms with Crippen molar-refractivity contribution in [2.45, 2.75) is 38.5 Å². The van der Waals surface area contributed by atoms with E-state index in [1.165, 1.54) is 6.07 Å². The lowest BCUT2D eigenvalue weighted by Crippen LogP contribution is -2.12. The molecule has 0 fully saturated rings. The van der Waals surface area contributed by atoms with Crippen molar-refractivity contribution in [3.8, 4) is 0 Å². The second-order valence-corrected chi connectivity index (χ2v) is 6.10. The Morgan fingerprint density at radius 3 is 2.31 bits per heavy atom. The van der Waals surface area contributed by atoms with Gasteiger partial charge in [0.15, 0.2) is 5.78 Å². The molecule has 0 heterocycles. The minimum atomic E-state index is -0.827. The quantitative estimate of drug-likeness (QED) is 0.386. The minimum Gasteiger partial charge on any atom is -0.397 e. The maximum Gasteiger partial charge on any atom is 0.224 e. The molecule has 0 saturated heterocycles. The summed E-state index contributed by atoms with van der Waals surface area (Å²) < 4.78 is 26.3. The van der Waals surface area contributed by atoms with Gasteiger partial charge < -0.3 is 11.1 Å². The summed E-state index contributed by atoms with van der Waals surface area (Å²) in [5, 5.41) is 2.76. The van der Waals surface area contributed by atoms with Gasteiger partial charge >= 0.3 is 0 Å². The van der Waals surface area contributed by atoms with E-state index in [2.05, 4.69) is 5.32 Å². The van der Waals surface area contributed by atoms with Crippen molar-refractivity contribution in [1.29, 1.82) is 0 Å². The Morgan fingerprint density at radius 1 is 0.923 bits per heavy atom. The molecule has 0 aromatic heterocycles. The number of nitrogens with one attached hydrogen (secondary N) is 1. The topological polar surface area (TPSA) is 72.2 Å². The highest BCUT2D eigenvalue weighted by Gasteiger charge is 2.12. The number of unbranched alkanes of at least 4 members (excludes halogenated alkanes) is 3. The van der Waals surface area contributed by atoms with Gasteiger partial charge in [0.2, 0.25) is 5.91 Å². The van der Waals surface area contributed by atoms with Crippen LogP contribution in [-0.2, 0) is 4.79 Å². The van der Waals surface area contributed by atoms with Gasteiger partial charge in [0.05, 0.1) is 16.9 Å². The van der Waals surface area contributed by atoms with Gasteiger partial charge in [-0.2, -0.15) is 0 Å². The first-order valence-corrected chi connectivity index (χ1v) is 8.60. The summed E-state index contributed by atoms with van der Waals surface area (Å²) in [6, 6.07) is 10.0. The summed E-state index contributed by atoms with van der Waals surface area (Å²) in [4.78, 5) is 23.8. The standard InChI is InChI=1S/C20H22F2N2O2/c21-14-11-12-15(16(22)13-14)19(25)9-3-1-2-4-10-20(26)24-18-8-6-5-7-17(18)23/h5-8,11-13H,1-4,9-10,23H2,(H,24,26). The molecule has 0 atom stereocenters. The van der Waals surface area contributed by atoms with Crippen LogP contribution in [0.5, 0.6) is 0 Å². The highest BCUT2D eigenvalue weighted by atomic mass is 19.1. The Labute approximate surface area is 151 Å². The molecule has 138 valence electrons. The predicted octanol–water partition coefficient (Wildman–Crippen LogP) is 4.71. The van der Waals surface area contributed by atoms with Crippen LogP contribution in [-0.4, -0.2) is 11.7 Å². The number of hydrogen-bond acceptors (Lipinski definition) is 3. The van der Waals surface area contributed by atoms with Crippen LogP contribution in [0, 0.1) is 11.6 Å². The van der Waals surface area contributed by atoms with Gasteiger partial charge in [-0.05, 0) is 37.1 Å². The lowest BCUT2D eigenvalue weighted by atomic mass is 10.0. The number of benzene rings is 2. The smallest absolute Gasteiger partial charge is 0.224 e. The summed E-state index contributed by atoms with van der Waals surface area (Å²) in [6.45, 7) is 0. The fraction of sp³-hybridized carbons (Fsp3) is 0.300. The monoisotopic (exact) mass is 360 g/mol. The van der Waals surface area contributed by atoms with Crippen LogP contribution in [0.1, 0.15) is 48.9 Å². The zero-order chi connectivity index (χ0) is 18.9. The first-order chi connectivity index (χ1) is 12.5. The SMILES string of the molecule is Nc1ccccc1NC(=O)CCCCCCC(=O)c1ccc(F)cc1F. The lowest BCUT2D eigenvalue weighted by Gasteiger charge is -2.07. The van der Waals surface area contributed by atoms with Gasteiger partial charge in [-0.15, -0.1) is 0 Å². The number of para-hydroxylation sites is 2. The third-order valence-electron chi connectivity index (χ3n) is 4.02. The van der Waals surface area contributed by atoms with E-state index in [0.29, 0.717) is 36.7 Å². The highest BCUT2D eigenvalue weighted by Crippen LogP contribution is 2.18. The van der Waals surface area contributed by atoms with Crippen molar-refractivity contribution in [3.63, 3.8) is 0 Å². The molecule has 0 aliphatic rings. The Morgan fingerprint density at radius 2 is 1.62 bits per heavy atom. The minimum absolute atomic E-state index is 0.0776. The van der Waals surface area contributed by atoms with Gasteiger partial charge in [-0.25, -0.2) is 8.78 Å². The number of nitrogens with two attached hydrogens (primary N) is 1. The van der Waals surface area contributed by atoms with Crippen molar-refractivity contribution >= 4 is 23.1 Å². The van der Waals surface area contributed by atoms with Crippen LogP contribution in [0.15, 0.2) is 42.5 Å². The molecule has 0 unspecified atom stereocenters. The Hall–Kier alpha value is -2.76. The molecule has 26 heavy (non-hydrogen) atoms. The van der Waals surface area contributed by atoms with E-state index >= 15 is 0 Å². The molecular formula is C20H22F2N2O2. The van der Waals surface area contributed by atoms with E-state index < -0.39 is 11.6 Å². The van der Waals surface area contributed by atoms with Crippen LogP contribution < -0.4 is 11.1 Å². The Kier molecular flexibility index (Phi) is 7.26. The largest absolute Gasteiger partial charge is 0.397 e. The van der Waals surface area contributed by atoms with Crippen molar-refractivity contribution < 1.29 is 18.4 Å². The summed E-state index contributed by atoms with van der Waals surface area (Å²) >= 11 is 0. The van der Waals surface area contributed by atoms with Gasteiger partial charge in [-0.1, -0.05) is 25.0 Å². The first kappa shape index (κ1) is 19.6. The molecular weight excluding hydrogens is 338 g/mol. The molecule has 0 aliphatic carbocycles. The molecule has 0 aliphatic heterocycles. The lowest BCUT2D eigenvalue weighted by molar-refractivity contribution is -0.116.